The predicted molar refractivity (Wildman–Crippen MR) is 124 cm³/mol. The van der Waals surface area contributed by atoms with Crippen LogP contribution in [0.5, 0.6) is 11.6 Å². The van der Waals surface area contributed by atoms with Gasteiger partial charge in [-0.25, -0.2) is 9.50 Å². The van der Waals surface area contributed by atoms with E-state index in [0.717, 1.165) is 11.1 Å². The average molecular weight is 444 g/mol. The van der Waals surface area contributed by atoms with E-state index in [1.54, 1.807) is 33.5 Å². The van der Waals surface area contributed by atoms with E-state index in [2.05, 4.69) is 10.1 Å². The third-order valence-corrected chi connectivity index (χ3v) is 5.26. The summed E-state index contributed by atoms with van der Waals surface area (Å²) in [5, 5.41) is 5.26. The van der Waals surface area contributed by atoms with Crippen molar-refractivity contribution in [3.8, 4) is 22.9 Å². The van der Waals surface area contributed by atoms with Gasteiger partial charge < -0.3 is 10.5 Å². The molecule has 0 bridgehead atoms. The van der Waals surface area contributed by atoms with Crippen molar-refractivity contribution in [2.45, 2.75) is 6.54 Å². The van der Waals surface area contributed by atoms with Crippen LogP contribution in [0.1, 0.15) is 5.56 Å². The lowest BCUT2D eigenvalue weighted by atomic mass is 10.1. The summed E-state index contributed by atoms with van der Waals surface area (Å²) < 4.78 is 8.98. The number of nitrogens with zero attached hydrogens (tertiary/aromatic N) is 4. The molecule has 0 saturated heterocycles. The Labute approximate surface area is 188 Å². The van der Waals surface area contributed by atoms with Crippen LogP contribution < -0.4 is 16.0 Å². The van der Waals surface area contributed by atoms with Gasteiger partial charge in [0.05, 0.1) is 18.4 Å². The molecule has 7 nitrogen and oxygen atoms in total. The zero-order chi connectivity index (χ0) is 22.1. The molecule has 0 fully saturated rings. The Bertz CT molecular complexity index is 1440. The molecule has 3 aromatic heterocycles. The normalized spacial score (nSPS) is 11.0. The molecular formula is C24H18ClN5O2. The van der Waals surface area contributed by atoms with Crippen LogP contribution in [0.4, 0.5) is 5.69 Å². The molecule has 5 rings (SSSR count). The van der Waals surface area contributed by atoms with E-state index in [4.69, 9.17) is 22.1 Å². The Balaban J connectivity index is 1.49. The van der Waals surface area contributed by atoms with Gasteiger partial charge in [0.1, 0.15) is 17.1 Å². The van der Waals surface area contributed by atoms with Gasteiger partial charge in [0.2, 0.25) is 5.88 Å². The Morgan fingerprint density at radius 3 is 2.50 bits per heavy atom. The van der Waals surface area contributed by atoms with Crippen molar-refractivity contribution in [3.05, 3.63) is 106 Å². The maximum Gasteiger partial charge on any atom is 0.277 e. The number of hydrogen-bond acceptors (Lipinski definition) is 5. The molecule has 8 heteroatoms. The van der Waals surface area contributed by atoms with Crippen LogP contribution in [0.3, 0.4) is 0 Å². The summed E-state index contributed by atoms with van der Waals surface area (Å²) in [6.45, 7) is 0.354. The minimum Gasteiger partial charge on any atom is -0.439 e. The largest absolute Gasteiger partial charge is 0.439 e. The van der Waals surface area contributed by atoms with E-state index in [1.165, 1.54) is 6.20 Å². The quantitative estimate of drug-likeness (QED) is 0.427. The second-order valence-electron chi connectivity index (χ2n) is 7.23. The molecule has 3 heterocycles. The molecule has 0 radical (unpaired) electrons. The number of benzene rings is 2. The Morgan fingerprint density at radius 2 is 1.78 bits per heavy atom. The minimum absolute atomic E-state index is 0.125. The fourth-order valence-electron chi connectivity index (χ4n) is 3.42. The van der Waals surface area contributed by atoms with Crippen molar-refractivity contribution in [1.82, 2.24) is 19.2 Å². The van der Waals surface area contributed by atoms with Gasteiger partial charge in [-0.1, -0.05) is 29.8 Å². The molecule has 2 N–H and O–H groups in total. The Kier molecular flexibility index (Phi) is 5.09. The highest BCUT2D eigenvalue weighted by molar-refractivity contribution is 6.30. The number of fused-ring (bicyclic) bond motifs is 1. The molecule has 0 unspecified atom stereocenters. The average Bonchev–Trinajstić information content (AvgIpc) is 3.23. The maximum atomic E-state index is 12.8. The smallest absolute Gasteiger partial charge is 0.277 e. The number of nitrogen functional groups attached to an aromatic ring is 1. The van der Waals surface area contributed by atoms with Crippen molar-refractivity contribution in [1.29, 1.82) is 0 Å². The van der Waals surface area contributed by atoms with Gasteiger partial charge in [-0.05, 0) is 48.0 Å². The number of ether oxygens (including phenoxy) is 1. The molecule has 0 amide bonds. The lowest BCUT2D eigenvalue weighted by Gasteiger charge is -2.09. The van der Waals surface area contributed by atoms with Crippen LogP contribution in [0.2, 0.25) is 5.02 Å². The first kappa shape index (κ1) is 19.8. The van der Waals surface area contributed by atoms with Gasteiger partial charge in [-0.3, -0.25) is 9.36 Å². The summed E-state index contributed by atoms with van der Waals surface area (Å²) in [5.74, 6) is 1.19. The summed E-state index contributed by atoms with van der Waals surface area (Å²) in [6.07, 6.45) is 3.22. The van der Waals surface area contributed by atoms with Crippen LogP contribution in [-0.4, -0.2) is 19.2 Å². The molecule has 2 aromatic carbocycles. The van der Waals surface area contributed by atoms with Gasteiger partial charge >= 0.3 is 0 Å². The SMILES string of the molecule is Nc1cn2nc(-c3ccc(Oc4ccccn4)cc3)cc2n(Cc2ccc(Cl)cc2)c1=O. The molecule has 0 atom stereocenters. The number of rotatable bonds is 5. The first-order valence-corrected chi connectivity index (χ1v) is 10.3. The second kappa shape index (κ2) is 8.20. The predicted octanol–water partition coefficient (Wildman–Crippen LogP) is 4.63. The third kappa shape index (κ3) is 3.93. The molecule has 0 aliphatic carbocycles. The summed E-state index contributed by atoms with van der Waals surface area (Å²) in [5.41, 5.74) is 9.00. The maximum absolute atomic E-state index is 12.8. The van der Waals surface area contributed by atoms with Crippen molar-refractivity contribution in [2.24, 2.45) is 0 Å². The molecule has 5 aromatic rings. The Morgan fingerprint density at radius 1 is 1.00 bits per heavy atom. The second-order valence-corrected chi connectivity index (χ2v) is 7.67. The number of hydrogen-bond donors (Lipinski definition) is 1. The highest BCUT2D eigenvalue weighted by Gasteiger charge is 2.13. The molecule has 0 aliphatic heterocycles. The lowest BCUT2D eigenvalue weighted by Crippen LogP contribution is -2.25. The van der Waals surface area contributed by atoms with E-state index in [0.29, 0.717) is 34.5 Å². The summed E-state index contributed by atoms with van der Waals surface area (Å²) in [4.78, 5) is 16.9. The number of pyridine rings is 1. The zero-order valence-corrected chi connectivity index (χ0v) is 17.6. The van der Waals surface area contributed by atoms with Gasteiger partial charge in [0.25, 0.3) is 5.56 Å². The van der Waals surface area contributed by atoms with Crippen LogP contribution in [-0.2, 0) is 6.54 Å². The molecule has 0 aliphatic rings. The van der Waals surface area contributed by atoms with Gasteiger partial charge in [-0.15, -0.1) is 0 Å². The van der Waals surface area contributed by atoms with Gasteiger partial charge in [0, 0.05) is 28.9 Å². The first-order valence-electron chi connectivity index (χ1n) is 9.89. The van der Waals surface area contributed by atoms with Crippen molar-refractivity contribution < 1.29 is 4.74 Å². The zero-order valence-electron chi connectivity index (χ0n) is 16.9. The van der Waals surface area contributed by atoms with Crippen LogP contribution in [0.15, 0.2) is 90.0 Å². The molecular weight excluding hydrogens is 426 g/mol. The first-order chi connectivity index (χ1) is 15.6. The summed E-state index contributed by atoms with van der Waals surface area (Å²) in [7, 11) is 0. The highest BCUT2D eigenvalue weighted by atomic mass is 35.5. The van der Waals surface area contributed by atoms with Crippen LogP contribution in [0, 0.1) is 0 Å². The Hall–Kier alpha value is -4.10. The van der Waals surface area contributed by atoms with E-state index in [1.807, 2.05) is 54.6 Å². The van der Waals surface area contributed by atoms with Crippen molar-refractivity contribution in [3.63, 3.8) is 0 Å². The van der Waals surface area contributed by atoms with Crippen LogP contribution in [0.25, 0.3) is 16.9 Å². The highest BCUT2D eigenvalue weighted by Crippen LogP contribution is 2.25. The van der Waals surface area contributed by atoms with E-state index in [-0.39, 0.29) is 11.2 Å². The van der Waals surface area contributed by atoms with E-state index >= 15 is 0 Å². The number of anilines is 1. The molecule has 158 valence electrons. The molecule has 0 spiro atoms. The van der Waals surface area contributed by atoms with Crippen molar-refractivity contribution >= 4 is 22.9 Å². The number of aromatic nitrogens is 4. The topological polar surface area (TPSA) is 87.4 Å². The van der Waals surface area contributed by atoms with Crippen LogP contribution >= 0.6 is 11.6 Å². The van der Waals surface area contributed by atoms with Gasteiger partial charge in [0.15, 0.2) is 0 Å². The summed E-state index contributed by atoms with van der Waals surface area (Å²) in [6, 6.07) is 22.2. The number of nitrogens with two attached hydrogens (primary N) is 1. The molecule has 0 saturated carbocycles. The van der Waals surface area contributed by atoms with E-state index in [9.17, 15) is 4.79 Å². The fraction of sp³-hybridized carbons (Fsp3) is 0.0417. The van der Waals surface area contributed by atoms with E-state index < -0.39 is 0 Å². The lowest BCUT2D eigenvalue weighted by molar-refractivity contribution is 0.463. The monoisotopic (exact) mass is 443 g/mol. The van der Waals surface area contributed by atoms with Crippen molar-refractivity contribution in [2.75, 3.05) is 5.73 Å². The summed E-state index contributed by atoms with van der Waals surface area (Å²) >= 11 is 5.98. The van der Waals surface area contributed by atoms with Gasteiger partial charge in [-0.2, -0.15) is 5.10 Å². The standard InChI is InChI=1S/C24H18ClN5O2/c25-18-8-4-16(5-9-18)14-29-23-13-21(28-30(23)15-20(26)24(29)31)17-6-10-19(11-7-17)32-22-3-1-2-12-27-22/h1-13,15H,14,26H2. The number of halogens is 1. The molecule has 32 heavy (non-hydrogen) atoms. The fourth-order valence-corrected chi connectivity index (χ4v) is 3.54. The minimum atomic E-state index is -0.266. The third-order valence-electron chi connectivity index (χ3n) is 5.01.